The first-order chi connectivity index (χ1) is 10.6. The van der Waals surface area contributed by atoms with Gasteiger partial charge in [-0.2, -0.15) is 0 Å². The molecule has 22 heavy (non-hydrogen) atoms. The highest BCUT2D eigenvalue weighted by Gasteiger charge is 2.08. The van der Waals surface area contributed by atoms with Crippen LogP contribution in [0.25, 0.3) is 17.0 Å². The second kappa shape index (κ2) is 7.71. The fraction of sp³-hybridized carbons (Fsp3) is 0.333. The van der Waals surface area contributed by atoms with Gasteiger partial charge in [-0.3, -0.25) is 9.78 Å². The number of amides is 1. The van der Waals surface area contributed by atoms with Gasteiger partial charge in [-0.1, -0.05) is 38.1 Å². The molecule has 1 aromatic heterocycles. The number of aliphatic hydroxyl groups excluding tert-OH is 1. The molecule has 116 valence electrons. The Morgan fingerprint density at radius 2 is 2.09 bits per heavy atom. The second-order valence-corrected chi connectivity index (χ2v) is 5.65. The van der Waals surface area contributed by atoms with E-state index in [1.54, 1.807) is 12.3 Å². The molecule has 0 aliphatic rings. The third-order valence-corrected chi connectivity index (χ3v) is 3.59. The topological polar surface area (TPSA) is 62.2 Å². The lowest BCUT2D eigenvalue weighted by molar-refractivity contribution is -0.116. The molecule has 1 heterocycles. The van der Waals surface area contributed by atoms with E-state index in [-0.39, 0.29) is 17.9 Å². The SMILES string of the molecule is CC(C)C(O)CCNC(=O)C=Cc1cccc2cccnc12. The lowest BCUT2D eigenvalue weighted by atomic mass is 10.0. The van der Waals surface area contributed by atoms with Gasteiger partial charge in [0.15, 0.2) is 0 Å². The van der Waals surface area contributed by atoms with Crippen LogP contribution in [0.1, 0.15) is 25.8 Å². The Morgan fingerprint density at radius 3 is 2.86 bits per heavy atom. The Labute approximate surface area is 130 Å². The first kappa shape index (κ1) is 16.2. The number of nitrogens with one attached hydrogen (secondary N) is 1. The van der Waals surface area contributed by atoms with E-state index < -0.39 is 0 Å². The predicted octanol–water partition coefficient (Wildman–Crippen LogP) is 2.77. The highest BCUT2D eigenvalue weighted by Crippen LogP contribution is 2.16. The molecule has 0 aliphatic carbocycles. The summed E-state index contributed by atoms with van der Waals surface area (Å²) in [5.41, 5.74) is 1.79. The first-order valence-electron chi connectivity index (χ1n) is 7.55. The summed E-state index contributed by atoms with van der Waals surface area (Å²) in [6.45, 7) is 4.39. The number of aliphatic hydroxyl groups is 1. The molecule has 0 fully saturated rings. The molecule has 0 spiro atoms. The quantitative estimate of drug-likeness (QED) is 0.806. The normalized spacial score (nSPS) is 12.9. The summed E-state index contributed by atoms with van der Waals surface area (Å²) in [4.78, 5) is 16.2. The fourth-order valence-electron chi connectivity index (χ4n) is 2.16. The summed E-state index contributed by atoms with van der Waals surface area (Å²) in [5, 5.41) is 13.5. The lowest BCUT2D eigenvalue weighted by Crippen LogP contribution is -2.27. The maximum Gasteiger partial charge on any atom is 0.244 e. The molecule has 1 unspecified atom stereocenters. The Hall–Kier alpha value is -2.20. The van der Waals surface area contributed by atoms with Gasteiger partial charge in [0.05, 0.1) is 11.6 Å². The number of para-hydroxylation sites is 1. The predicted molar refractivity (Wildman–Crippen MR) is 89.2 cm³/mol. The van der Waals surface area contributed by atoms with Gasteiger partial charge < -0.3 is 10.4 Å². The van der Waals surface area contributed by atoms with E-state index in [1.807, 2.05) is 44.2 Å². The van der Waals surface area contributed by atoms with Gasteiger partial charge >= 0.3 is 0 Å². The molecule has 2 aromatic rings. The van der Waals surface area contributed by atoms with Crippen molar-refractivity contribution in [2.24, 2.45) is 5.92 Å². The minimum atomic E-state index is -0.383. The zero-order valence-electron chi connectivity index (χ0n) is 13.0. The van der Waals surface area contributed by atoms with E-state index in [4.69, 9.17) is 0 Å². The Balaban J connectivity index is 1.94. The highest BCUT2D eigenvalue weighted by atomic mass is 16.3. The maximum atomic E-state index is 11.8. The van der Waals surface area contributed by atoms with Crippen LogP contribution in [-0.4, -0.2) is 28.6 Å². The van der Waals surface area contributed by atoms with E-state index in [2.05, 4.69) is 10.3 Å². The van der Waals surface area contributed by atoms with Crippen molar-refractivity contribution >= 4 is 22.9 Å². The molecule has 2 N–H and O–H groups in total. The summed E-state index contributed by atoms with van der Waals surface area (Å²) in [7, 11) is 0. The second-order valence-electron chi connectivity index (χ2n) is 5.65. The van der Waals surface area contributed by atoms with Crippen LogP contribution < -0.4 is 5.32 Å². The van der Waals surface area contributed by atoms with Gasteiger partial charge in [0.25, 0.3) is 0 Å². The van der Waals surface area contributed by atoms with Crippen LogP contribution >= 0.6 is 0 Å². The van der Waals surface area contributed by atoms with E-state index in [0.29, 0.717) is 13.0 Å². The standard InChI is InChI=1S/C18H22N2O2/c1-13(2)16(21)10-12-19-17(22)9-8-15-6-3-5-14-7-4-11-20-18(14)15/h3-9,11,13,16,21H,10,12H2,1-2H3,(H,19,22). The summed E-state index contributed by atoms with van der Waals surface area (Å²) in [6, 6.07) is 9.75. The van der Waals surface area contributed by atoms with Crippen LogP contribution in [0.5, 0.6) is 0 Å². The zero-order valence-corrected chi connectivity index (χ0v) is 13.0. The molecule has 1 aromatic carbocycles. The Kier molecular flexibility index (Phi) is 5.67. The molecule has 0 saturated carbocycles. The van der Waals surface area contributed by atoms with Crippen molar-refractivity contribution in [3.8, 4) is 0 Å². The molecular formula is C18H22N2O2. The van der Waals surface area contributed by atoms with E-state index >= 15 is 0 Å². The van der Waals surface area contributed by atoms with Crippen LogP contribution in [0.3, 0.4) is 0 Å². The van der Waals surface area contributed by atoms with Crippen molar-refractivity contribution in [3.05, 3.63) is 48.2 Å². The van der Waals surface area contributed by atoms with E-state index in [0.717, 1.165) is 16.5 Å². The van der Waals surface area contributed by atoms with Crippen molar-refractivity contribution in [2.45, 2.75) is 26.4 Å². The Morgan fingerprint density at radius 1 is 1.32 bits per heavy atom. The number of benzene rings is 1. The van der Waals surface area contributed by atoms with Crippen molar-refractivity contribution in [2.75, 3.05) is 6.54 Å². The molecule has 0 saturated heterocycles. The first-order valence-corrected chi connectivity index (χ1v) is 7.55. The summed E-state index contributed by atoms with van der Waals surface area (Å²) >= 11 is 0. The molecule has 1 amide bonds. The maximum absolute atomic E-state index is 11.8. The van der Waals surface area contributed by atoms with E-state index in [1.165, 1.54) is 6.08 Å². The number of aromatic nitrogens is 1. The third kappa shape index (κ3) is 4.40. The van der Waals surface area contributed by atoms with Gasteiger partial charge in [0.2, 0.25) is 5.91 Å². The lowest BCUT2D eigenvalue weighted by Gasteiger charge is -2.13. The number of fused-ring (bicyclic) bond motifs is 1. The summed E-state index contributed by atoms with van der Waals surface area (Å²) in [6.07, 6.45) is 5.20. The monoisotopic (exact) mass is 298 g/mol. The van der Waals surface area contributed by atoms with Gasteiger partial charge in [-0.25, -0.2) is 0 Å². The van der Waals surface area contributed by atoms with Crippen molar-refractivity contribution in [3.63, 3.8) is 0 Å². The fourth-order valence-corrected chi connectivity index (χ4v) is 2.16. The molecule has 0 bridgehead atoms. The van der Waals surface area contributed by atoms with Gasteiger partial charge in [0.1, 0.15) is 0 Å². The number of carbonyl (C=O) groups is 1. The van der Waals surface area contributed by atoms with E-state index in [9.17, 15) is 9.90 Å². The van der Waals surface area contributed by atoms with Gasteiger partial charge in [0, 0.05) is 29.8 Å². The van der Waals surface area contributed by atoms with Gasteiger partial charge in [-0.05, 0) is 24.5 Å². The highest BCUT2D eigenvalue weighted by molar-refractivity contribution is 5.95. The number of hydrogen-bond acceptors (Lipinski definition) is 3. The molecule has 2 rings (SSSR count). The minimum Gasteiger partial charge on any atom is -0.393 e. The third-order valence-electron chi connectivity index (χ3n) is 3.59. The van der Waals surface area contributed by atoms with Crippen molar-refractivity contribution in [1.82, 2.24) is 10.3 Å². The molecule has 4 heteroatoms. The number of carbonyl (C=O) groups excluding carboxylic acids is 1. The van der Waals surface area contributed by atoms with Crippen LogP contribution in [-0.2, 0) is 4.79 Å². The summed E-state index contributed by atoms with van der Waals surface area (Å²) in [5.74, 6) is 0.0399. The molecule has 0 aliphatic heterocycles. The molecule has 4 nitrogen and oxygen atoms in total. The Bertz CT molecular complexity index is 660. The smallest absolute Gasteiger partial charge is 0.244 e. The van der Waals surface area contributed by atoms with Crippen LogP contribution in [0, 0.1) is 5.92 Å². The number of nitrogens with zero attached hydrogens (tertiary/aromatic N) is 1. The van der Waals surface area contributed by atoms with Crippen LogP contribution in [0.4, 0.5) is 0 Å². The van der Waals surface area contributed by atoms with Crippen molar-refractivity contribution in [1.29, 1.82) is 0 Å². The number of rotatable bonds is 6. The molecular weight excluding hydrogens is 276 g/mol. The number of hydrogen-bond donors (Lipinski definition) is 2. The largest absolute Gasteiger partial charge is 0.393 e. The average Bonchev–Trinajstić information content (AvgIpc) is 2.52. The average molecular weight is 298 g/mol. The minimum absolute atomic E-state index is 0.163. The molecule has 0 radical (unpaired) electrons. The van der Waals surface area contributed by atoms with Crippen molar-refractivity contribution < 1.29 is 9.90 Å². The summed E-state index contributed by atoms with van der Waals surface area (Å²) < 4.78 is 0. The van der Waals surface area contributed by atoms with Crippen LogP contribution in [0.2, 0.25) is 0 Å². The molecule has 1 atom stereocenters. The number of pyridine rings is 1. The van der Waals surface area contributed by atoms with Crippen LogP contribution in [0.15, 0.2) is 42.6 Å². The van der Waals surface area contributed by atoms with Gasteiger partial charge in [-0.15, -0.1) is 0 Å². The zero-order chi connectivity index (χ0) is 15.9.